The fourth-order valence-corrected chi connectivity index (χ4v) is 1.96. The van der Waals surface area contributed by atoms with E-state index in [4.69, 9.17) is 16.2 Å². The molecule has 0 bridgehead atoms. The normalized spacial score (nSPS) is 14.5. The standard InChI is InChI=1S/C8H8ClNO4S/c9-8(5-15(13)14)6-2-1-3-7(4-6)10(11)12/h1-4,8H,5H2,(H,13,14). The molecule has 1 aromatic rings. The van der Waals surface area contributed by atoms with Crippen molar-refractivity contribution in [1.29, 1.82) is 0 Å². The minimum atomic E-state index is -2.02. The quantitative estimate of drug-likeness (QED) is 0.383. The van der Waals surface area contributed by atoms with Crippen LogP contribution in [-0.2, 0) is 11.1 Å². The SMILES string of the molecule is O=[N+]([O-])c1cccc(C(Cl)CS(=O)O)c1. The Labute approximate surface area is 93.5 Å². The molecule has 0 aliphatic carbocycles. The molecule has 1 rings (SSSR count). The van der Waals surface area contributed by atoms with Gasteiger partial charge in [0, 0.05) is 12.1 Å². The molecule has 0 fully saturated rings. The minimum Gasteiger partial charge on any atom is -0.306 e. The molecule has 0 radical (unpaired) electrons. The van der Waals surface area contributed by atoms with E-state index in [2.05, 4.69) is 0 Å². The predicted molar refractivity (Wildman–Crippen MR) is 57.3 cm³/mol. The molecule has 0 heterocycles. The summed E-state index contributed by atoms with van der Waals surface area (Å²) in [5.41, 5.74) is 0.384. The van der Waals surface area contributed by atoms with Gasteiger partial charge in [0.1, 0.15) is 0 Å². The molecule has 1 aromatic carbocycles. The van der Waals surface area contributed by atoms with E-state index in [0.29, 0.717) is 5.56 Å². The Morgan fingerprint density at radius 1 is 1.60 bits per heavy atom. The van der Waals surface area contributed by atoms with Gasteiger partial charge in [0.15, 0.2) is 11.1 Å². The number of rotatable bonds is 4. The van der Waals surface area contributed by atoms with Gasteiger partial charge in [0.2, 0.25) is 0 Å². The van der Waals surface area contributed by atoms with Crippen LogP contribution < -0.4 is 0 Å². The molecule has 0 saturated heterocycles. The highest BCUT2D eigenvalue weighted by Crippen LogP contribution is 2.24. The highest BCUT2D eigenvalue weighted by molar-refractivity contribution is 7.79. The Morgan fingerprint density at radius 2 is 2.27 bits per heavy atom. The molecule has 0 spiro atoms. The molecule has 5 nitrogen and oxygen atoms in total. The van der Waals surface area contributed by atoms with Crippen LogP contribution in [0.2, 0.25) is 0 Å². The van der Waals surface area contributed by atoms with E-state index in [0.717, 1.165) is 0 Å². The van der Waals surface area contributed by atoms with Gasteiger partial charge in [-0.3, -0.25) is 10.1 Å². The molecule has 15 heavy (non-hydrogen) atoms. The van der Waals surface area contributed by atoms with Crippen molar-refractivity contribution in [3.8, 4) is 0 Å². The van der Waals surface area contributed by atoms with Crippen LogP contribution in [0.5, 0.6) is 0 Å². The highest BCUT2D eigenvalue weighted by atomic mass is 35.5. The van der Waals surface area contributed by atoms with Crippen molar-refractivity contribution in [2.75, 3.05) is 5.75 Å². The van der Waals surface area contributed by atoms with Crippen LogP contribution >= 0.6 is 11.6 Å². The molecular weight excluding hydrogens is 242 g/mol. The Kier molecular flexibility index (Phi) is 4.19. The number of alkyl halides is 1. The van der Waals surface area contributed by atoms with Crippen molar-refractivity contribution >= 4 is 28.4 Å². The zero-order valence-electron chi connectivity index (χ0n) is 7.50. The van der Waals surface area contributed by atoms with Crippen LogP contribution in [0.3, 0.4) is 0 Å². The summed E-state index contributed by atoms with van der Waals surface area (Å²) in [7, 11) is 0. The maximum atomic E-state index is 10.5. The van der Waals surface area contributed by atoms with Crippen LogP contribution in [0.4, 0.5) is 5.69 Å². The van der Waals surface area contributed by atoms with Gasteiger partial charge in [-0.15, -0.1) is 11.6 Å². The number of nitro groups is 1. The smallest absolute Gasteiger partial charge is 0.269 e. The molecule has 0 aliphatic rings. The van der Waals surface area contributed by atoms with Gasteiger partial charge in [0.05, 0.1) is 16.1 Å². The summed E-state index contributed by atoms with van der Waals surface area (Å²) in [6.07, 6.45) is 0. The molecule has 0 aliphatic heterocycles. The van der Waals surface area contributed by atoms with Crippen molar-refractivity contribution in [2.24, 2.45) is 0 Å². The summed E-state index contributed by atoms with van der Waals surface area (Å²) in [6, 6.07) is 5.70. The lowest BCUT2D eigenvalue weighted by molar-refractivity contribution is -0.384. The van der Waals surface area contributed by atoms with Crippen molar-refractivity contribution in [3.63, 3.8) is 0 Å². The van der Waals surface area contributed by atoms with Gasteiger partial charge < -0.3 is 4.55 Å². The largest absolute Gasteiger partial charge is 0.306 e. The Balaban J connectivity index is 2.89. The second-order valence-corrected chi connectivity index (χ2v) is 4.31. The molecule has 7 heteroatoms. The number of non-ortho nitro benzene ring substituents is 1. The lowest BCUT2D eigenvalue weighted by Gasteiger charge is -2.06. The van der Waals surface area contributed by atoms with E-state index in [9.17, 15) is 14.3 Å². The van der Waals surface area contributed by atoms with Gasteiger partial charge in [0.25, 0.3) is 5.69 Å². The summed E-state index contributed by atoms with van der Waals surface area (Å²) in [5.74, 6) is -0.150. The van der Waals surface area contributed by atoms with Crippen LogP contribution in [0.1, 0.15) is 10.9 Å². The van der Waals surface area contributed by atoms with Gasteiger partial charge in [-0.1, -0.05) is 12.1 Å². The third kappa shape index (κ3) is 3.58. The molecule has 0 saturated carbocycles. The van der Waals surface area contributed by atoms with E-state index in [1.165, 1.54) is 18.2 Å². The topological polar surface area (TPSA) is 80.4 Å². The second kappa shape index (κ2) is 5.20. The molecule has 82 valence electrons. The summed E-state index contributed by atoms with van der Waals surface area (Å²) in [4.78, 5) is 9.91. The van der Waals surface area contributed by atoms with Crippen LogP contribution in [0.25, 0.3) is 0 Å². The van der Waals surface area contributed by atoms with E-state index in [1.54, 1.807) is 6.07 Å². The average Bonchev–Trinajstić information content (AvgIpc) is 2.17. The van der Waals surface area contributed by atoms with E-state index >= 15 is 0 Å². The maximum Gasteiger partial charge on any atom is 0.269 e. The van der Waals surface area contributed by atoms with Gasteiger partial charge >= 0.3 is 0 Å². The third-order valence-electron chi connectivity index (χ3n) is 1.73. The van der Waals surface area contributed by atoms with Crippen LogP contribution in [0, 0.1) is 10.1 Å². The van der Waals surface area contributed by atoms with Crippen molar-refractivity contribution < 1.29 is 13.7 Å². The van der Waals surface area contributed by atoms with Gasteiger partial charge in [-0.05, 0) is 5.56 Å². The number of benzene rings is 1. The molecule has 1 N–H and O–H groups in total. The first-order valence-corrected chi connectivity index (χ1v) is 5.68. The zero-order chi connectivity index (χ0) is 11.4. The summed E-state index contributed by atoms with van der Waals surface area (Å²) < 4.78 is 19.1. The summed E-state index contributed by atoms with van der Waals surface area (Å²) >= 11 is 3.79. The number of hydrogen-bond donors (Lipinski definition) is 1. The minimum absolute atomic E-state index is 0.0816. The number of halogens is 1. The molecule has 2 unspecified atom stereocenters. The highest BCUT2D eigenvalue weighted by Gasteiger charge is 2.14. The van der Waals surface area contributed by atoms with Crippen LogP contribution in [-0.4, -0.2) is 19.4 Å². The number of nitrogens with zero attached hydrogens (tertiary/aromatic N) is 1. The van der Waals surface area contributed by atoms with Crippen molar-refractivity contribution in [2.45, 2.75) is 5.38 Å². The van der Waals surface area contributed by atoms with E-state index in [-0.39, 0.29) is 11.4 Å². The van der Waals surface area contributed by atoms with Gasteiger partial charge in [-0.25, -0.2) is 4.21 Å². The Hall–Kier alpha value is -0.980. The Morgan fingerprint density at radius 3 is 2.80 bits per heavy atom. The lowest BCUT2D eigenvalue weighted by atomic mass is 10.1. The first-order valence-electron chi connectivity index (χ1n) is 3.96. The van der Waals surface area contributed by atoms with E-state index in [1.807, 2.05) is 0 Å². The van der Waals surface area contributed by atoms with E-state index < -0.39 is 21.4 Å². The number of hydrogen-bond acceptors (Lipinski definition) is 3. The number of nitro benzene ring substituents is 1. The molecule has 2 atom stereocenters. The average molecular weight is 250 g/mol. The summed E-state index contributed by atoms with van der Waals surface area (Å²) in [6.45, 7) is 0. The maximum absolute atomic E-state index is 10.5. The second-order valence-electron chi connectivity index (χ2n) is 2.81. The van der Waals surface area contributed by atoms with Crippen molar-refractivity contribution in [3.05, 3.63) is 39.9 Å². The van der Waals surface area contributed by atoms with Crippen molar-refractivity contribution in [1.82, 2.24) is 0 Å². The Bertz CT molecular complexity index is 398. The third-order valence-corrected chi connectivity index (χ3v) is 2.94. The predicted octanol–water partition coefficient (Wildman–Crippen LogP) is 2.10. The first-order chi connectivity index (χ1) is 7.00. The molecule has 0 aromatic heterocycles. The molecular formula is C8H8ClNO4S. The summed E-state index contributed by atoms with van der Waals surface area (Å²) in [5, 5.41) is 9.75. The monoisotopic (exact) mass is 249 g/mol. The fraction of sp³-hybridized carbons (Fsp3) is 0.250. The lowest BCUT2D eigenvalue weighted by Crippen LogP contribution is -2.03. The van der Waals surface area contributed by atoms with Gasteiger partial charge in [-0.2, -0.15) is 0 Å². The zero-order valence-corrected chi connectivity index (χ0v) is 9.07. The van der Waals surface area contributed by atoms with Crippen LogP contribution in [0.15, 0.2) is 24.3 Å². The first kappa shape index (κ1) is 12.1. The molecule has 0 amide bonds. The fourth-order valence-electron chi connectivity index (χ4n) is 1.05.